The first-order valence-corrected chi connectivity index (χ1v) is 9.23. The molecule has 1 fully saturated rings. The van der Waals surface area contributed by atoms with Crippen molar-refractivity contribution >= 4 is 22.1 Å². The zero-order chi connectivity index (χ0) is 20.0. The number of aryl methyl sites for hydroxylation is 1. The number of benzene rings is 1. The zero-order valence-corrected chi connectivity index (χ0v) is 14.7. The van der Waals surface area contributed by atoms with E-state index in [0.29, 0.717) is 30.7 Å². The highest BCUT2D eigenvalue weighted by atomic mass is 16.3. The fourth-order valence-corrected chi connectivity index (χ4v) is 4.36. The minimum Gasteiger partial charge on any atom is -0.437 e. The minimum absolute atomic E-state index is 0.400. The molecule has 1 aromatic carbocycles. The van der Waals surface area contributed by atoms with Crippen molar-refractivity contribution in [1.29, 1.82) is 0 Å². The van der Waals surface area contributed by atoms with Crippen molar-refractivity contribution < 1.29 is 13.1 Å². The van der Waals surface area contributed by atoms with Gasteiger partial charge in [-0.05, 0) is 44.0 Å². The number of nitrogens with zero attached hydrogens (tertiary/aromatic N) is 2. The molecular weight excluding hydrogens is 320 g/mol. The van der Waals surface area contributed by atoms with Gasteiger partial charge in [0.1, 0.15) is 0 Å². The Kier molecular flexibility index (Phi) is 2.35. The number of rotatable bonds is 1. The van der Waals surface area contributed by atoms with E-state index in [1.165, 1.54) is 11.1 Å². The molecule has 0 bridgehead atoms. The summed E-state index contributed by atoms with van der Waals surface area (Å²) in [7, 11) is 0. The first-order chi connectivity index (χ1) is 13.9. The van der Waals surface area contributed by atoms with Crippen LogP contribution in [0.5, 0.6) is 0 Å². The summed E-state index contributed by atoms with van der Waals surface area (Å²) in [5.41, 5.74) is 6.48. The normalized spacial score (nSPS) is 25.0. The van der Waals surface area contributed by atoms with Crippen LogP contribution in [0, 0.1) is 6.92 Å². The molecule has 1 atom stereocenters. The first-order valence-electron chi connectivity index (χ1n) is 10.7. The fourth-order valence-electron chi connectivity index (χ4n) is 4.36. The van der Waals surface area contributed by atoms with E-state index in [4.69, 9.17) is 8.53 Å². The lowest BCUT2D eigenvalue weighted by Gasteiger charge is -2.06. The van der Waals surface area contributed by atoms with Gasteiger partial charge in [0.2, 0.25) is 11.4 Å². The highest BCUT2D eigenvalue weighted by Gasteiger charge is 2.30. The van der Waals surface area contributed by atoms with Gasteiger partial charge in [0.15, 0.2) is 18.3 Å². The van der Waals surface area contributed by atoms with Crippen LogP contribution in [0.2, 0.25) is 0 Å². The summed E-state index contributed by atoms with van der Waals surface area (Å²) < 4.78 is 33.9. The standard InChI is InChI=1S/C23H21N2O/c1-14-6-11-20-21-16(13-25(20)12-14)7-8-17-18-9-10-19(15-4-2-3-5-15)24-23(18)26-22(17)21/h6-12,15H,2-5,13H2,1H3/q+1/i4D2,15D. The Bertz CT molecular complexity index is 1330. The second-order valence-corrected chi connectivity index (χ2v) is 7.36. The van der Waals surface area contributed by atoms with Crippen molar-refractivity contribution in [1.82, 2.24) is 4.98 Å². The summed E-state index contributed by atoms with van der Waals surface area (Å²) in [6, 6.07) is 12.3. The molecule has 0 saturated heterocycles. The van der Waals surface area contributed by atoms with Gasteiger partial charge in [-0.2, -0.15) is 4.57 Å². The largest absolute Gasteiger partial charge is 0.437 e. The molecule has 3 aromatic heterocycles. The molecule has 0 radical (unpaired) electrons. The number of hydrogen-bond donors (Lipinski definition) is 0. The molecular formula is C23H21N2O+. The second kappa shape index (κ2) is 5.16. The van der Waals surface area contributed by atoms with Gasteiger partial charge in [0, 0.05) is 43.7 Å². The molecule has 4 heterocycles. The molecule has 1 saturated carbocycles. The van der Waals surface area contributed by atoms with Crippen molar-refractivity contribution in [3.05, 3.63) is 59.4 Å². The molecule has 0 amide bonds. The minimum atomic E-state index is -1.58. The SMILES string of the molecule is [2H]C1([2H])CCCC1([2H])c1ccc2c(n1)oc1c3c(ccc12)C[n+]1cc(C)ccc1-3. The molecule has 0 N–H and O–H groups in total. The van der Waals surface area contributed by atoms with Crippen LogP contribution >= 0.6 is 0 Å². The zero-order valence-electron chi connectivity index (χ0n) is 17.7. The van der Waals surface area contributed by atoms with E-state index in [2.05, 4.69) is 46.9 Å². The van der Waals surface area contributed by atoms with Crippen LogP contribution in [-0.2, 0) is 6.54 Å². The summed E-state index contributed by atoms with van der Waals surface area (Å²) in [5.74, 6) is -1.32. The number of hydrogen-bond acceptors (Lipinski definition) is 2. The smallest absolute Gasteiger partial charge is 0.227 e. The molecule has 0 spiro atoms. The highest BCUT2D eigenvalue weighted by molar-refractivity contribution is 6.09. The first kappa shape index (κ1) is 11.8. The van der Waals surface area contributed by atoms with E-state index in [-0.39, 0.29) is 0 Å². The van der Waals surface area contributed by atoms with E-state index >= 15 is 0 Å². The van der Waals surface area contributed by atoms with Crippen LogP contribution in [0.25, 0.3) is 33.3 Å². The molecule has 3 nitrogen and oxygen atoms in total. The van der Waals surface area contributed by atoms with Gasteiger partial charge in [0.05, 0.1) is 5.56 Å². The van der Waals surface area contributed by atoms with Crippen molar-refractivity contribution in [3.8, 4) is 11.3 Å². The molecule has 4 aromatic rings. The van der Waals surface area contributed by atoms with Crippen molar-refractivity contribution in [2.45, 2.75) is 45.0 Å². The fraction of sp³-hybridized carbons (Fsp3) is 0.304. The van der Waals surface area contributed by atoms with Crippen LogP contribution < -0.4 is 4.57 Å². The summed E-state index contributed by atoms with van der Waals surface area (Å²) in [6.45, 7) is 2.92. The molecule has 1 aliphatic carbocycles. The maximum absolute atomic E-state index is 8.79. The summed E-state index contributed by atoms with van der Waals surface area (Å²) >= 11 is 0. The van der Waals surface area contributed by atoms with E-state index in [9.17, 15) is 0 Å². The lowest BCUT2D eigenvalue weighted by Crippen LogP contribution is -2.32. The molecule has 128 valence electrons. The topological polar surface area (TPSA) is 29.9 Å². The van der Waals surface area contributed by atoms with Crippen molar-refractivity contribution in [2.24, 2.45) is 0 Å². The van der Waals surface area contributed by atoms with Gasteiger partial charge in [-0.15, -0.1) is 0 Å². The van der Waals surface area contributed by atoms with Crippen molar-refractivity contribution in [3.63, 3.8) is 0 Å². The van der Waals surface area contributed by atoms with Gasteiger partial charge in [-0.3, -0.25) is 0 Å². The van der Waals surface area contributed by atoms with E-state index in [0.717, 1.165) is 34.2 Å². The van der Waals surface area contributed by atoms with Crippen LogP contribution in [-0.4, -0.2) is 4.98 Å². The summed E-state index contributed by atoms with van der Waals surface area (Å²) in [5, 5.41) is 1.93. The second-order valence-electron chi connectivity index (χ2n) is 7.36. The molecule has 6 rings (SSSR count). The van der Waals surface area contributed by atoms with E-state index in [1.54, 1.807) is 0 Å². The average Bonchev–Trinajstić information content (AvgIpc) is 3.31. The Labute approximate surface area is 156 Å². The number of aromatic nitrogens is 2. The Morgan fingerprint density at radius 1 is 1.15 bits per heavy atom. The van der Waals surface area contributed by atoms with Gasteiger partial charge in [0.25, 0.3) is 0 Å². The van der Waals surface area contributed by atoms with E-state index < -0.39 is 12.3 Å². The predicted octanol–water partition coefficient (Wildman–Crippen LogP) is 5.26. The molecule has 1 aliphatic heterocycles. The lowest BCUT2D eigenvalue weighted by molar-refractivity contribution is -0.672. The van der Waals surface area contributed by atoms with Gasteiger partial charge >= 0.3 is 0 Å². The van der Waals surface area contributed by atoms with Crippen LogP contribution in [0.4, 0.5) is 0 Å². The number of pyridine rings is 2. The van der Waals surface area contributed by atoms with Gasteiger partial charge in [-0.1, -0.05) is 18.9 Å². The Morgan fingerprint density at radius 3 is 2.96 bits per heavy atom. The lowest BCUT2D eigenvalue weighted by atomic mass is 10.0. The van der Waals surface area contributed by atoms with Gasteiger partial charge < -0.3 is 4.42 Å². The number of furan rings is 1. The van der Waals surface area contributed by atoms with Crippen LogP contribution in [0.3, 0.4) is 0 Å². The molecule has 1 unspecified atom stereocenters. The summed E-state index contributed by atoms with van der Waals surface area (Å²) in [6.07, 6.45) is 2.17. The average molecular weight is 344 g/mol. The van der Waals surface area contributed by atoms with Gasteiger partial charge in [-0.25, -0.2) is 4.98 Å². The maximum atomic E-state index is 8.79. The maximum Gasteiger partial charge on any atom is 0.227 e. The summed E-state index contributed by atoms with van der Waals surface area (Å²) in [4.78, 5) is 4.66. The van der Waals surface area contributed by atoms with Crippen molar-refractivity contribution in [2.75, 3.05) is 0 Å². The third kappa shape index (κ3) is 1.94. The Morgan fingerprint density at radius 2 is 2.08 bits per heavy atom. The van der Waals surface area contributed by atoms with Crippen LogP contribution in [0.1, 0.15) is 52.5 Å². The highest BCUT2D eigenvalue weighted by Crippen LogP contribution is 2.40. The third-order valence-electron chi connectivity index (χ3n) is 5.61. The molecule has 26 heavy (non-hydrogen) atoms. The monoisotopic (exact) mass is 344 g/mol. The molecule has 2 aliphatic rings. The Hall–Kier alpha value is -2.68. The predicted molar refractivity (Wildman–Crippen MR) is 102 cm³/mol. The quantitative estimate of drug-likeness (QED) is 0.388. The Balaban J connectivity index is 1.59. The van der Waals surface area contributed by atoms with E-state index in [1.807, 2.05) is 12.1 Å². The third-order valence-corrected chi connectivity index (χ3v) is 5.61. The van der Waals surface area contributed by atoms with Crippen LogP contribution in [0.15, 0.2) is 47.0 Å². The molecule has 3 heteroatoms. The number of fused-ring (bicyclic) bond motifs is 7.